The molecule has 1 N–H and O–H groups in total. The Balaban J connectivity index is 1.68. The molecule has 0 spiro atoms. The van der Waals surface area contributed by atoms with E-state index in [-0.39, 0.29) is 5.91 Å². The van der Waals surface area contributed by atoms with Gasteiger partial charge in [0.15, 0.2) is 4.34 Å². The van der Waals surface area contributed by atoms with Gasteiger partial charge in [0.1, 0.15) is 5.01 Å². The van der Waals surface area contributed by atoms with E-state index in [2.05, 4.69) is 20.5 Å². The average Bonchev–Trinajstić information content (AvgIpc) is 2.84. The number of hydrogen-bond donors (Lipinski definition) is 1. The number of amides is 1. The fourth-order valence-electron chi connectivity index (χ4n) is 1.57. The van der Waals surface area contributed by atoms with E-state index in [9.17, 15) is 4.79 Å². The molecule has 0 aliphatic rings. The molecule has 106 valence electrons. The van der Waals surface area contributed by atoms with Crippen LogP contribution < -0.4 is 5.32 Å². The van der Waals surface area contributed by atoms with Gasteiger partial charge in [-0.15, -0.1) is 10.2 Å². The minimum Gasteiger partial charge on any atom is -0.352 e. The molecule has 0 saturated carbocycles. The number of aryl methyl sites for hydroxylation is 2. The van der Waals surface area contributed by atoms with E-state index in [1.807, 2.05) is 19.9 Å². The predicted octanol–water partition coefficient (Wildman–Crippen LogP) is 2.46. The zero-order valence-electron chi connectivity index (χ0n) is 11.4. The molecule has 0 fully saturated rings. The Morgan fingerprint density at radius 1 is 1.40 bits per heavy atom. The summed E-state index contributed by atoms with van der Waals surface area (Å²) in [6, 6.07) is 1.84. The number of hydrogen-bond acceptors (Lipinski definition) is 6. The van der Waals surface area contributed by atoms with Crippen LogP contribution in [-0.4, -0.2) is 33.4 Å². The van der Waals surface area contributed by atoms with Crippen molar-refractivity contribution in [3.05, 3.63) is 34.6 Å². The molecule has 2 aromatic rings. The summed E-state index contributed by atoms with van der Waals surface area (Å²) in [5.41, 5.74) is 1.58. The maximum atomic E-state index is 11.9. The molecule has 20 heavy (non-hydrogen) atoms. The molecule has 0 unspecified atom stereocenters. The third-order valence-electron chi connectivity index (χ3n) is 2.62. The van der Waals surface area contributed by atoms with Gasteiger partial charge in [-0.2, -0.15) is 0 Å². The van der Waals surface area contributed by atoms with E-state index in [0.29, 0.717) is 12.1 Å². The van der Waals surface area contributed by atoms with Crippen LogP contribution in [0.25, 0.3) is 0 Å². The van der Waals surface area contributed by atoms with Crippen molar-refractivity contribution in [2.24, 2.45) is 0 Å². The fraction of sp³-hybridized carbons (Fsp3) is 0.385. The molecule has 0 bridgehead atoms. The Labute approximate surface area is 126 Å². The number of thioether (sulfide) groups is 1. The van der Waals surface area contributed by atoms with Crippen molar-refractivity contribution < 1.29 is 4.79 Å². The van der Waals surface area contributed by atoms with E-state index in [1.165, 1.54) is 0 Å². The van der Waals surface area contributed by atoms with E-state index < -0.39 is 0 Å². The van der Waals surface area contributed by atoms with E-state index in [4.69, 9.17) is 0 Å². The maximum Gasteiger partial charge on any atom is 0.253 e. The van der Waals surface area contributed by atoms with Crippen LogP contribution in [0.15, 0.2) is 22.8 Å². The molecule has 2 aromatic heterocycles. The van der Waals surface area contributed by atoms with Gasteiger partial charge in [0, 0.05) is 24.7 Å². The van der Waals surface area contributed by atoms with Crippen LogP contribution >= 0.6 is 23.1 Å². The number of rotatable bonds is 6. The Kier molecular flexibility index (Phi) is 5.49. The van der Waals surface area contributed by atoms with Crippen LogP contribution in [0.5, 0.6) is 0 Å². The van der Waals surface area contributed by atoms with Gasteiger partial charge in [-0.25, -0.2) is 0 Å². The van der Waals surface area contributed by atoms with Crippen LogP contribution in [0.4, 0.5) is 0 Å². The van der Waals surface area contributed by atoms with Crippen molar-refractivity contribution in [3.63, 3.8) is 0 Å². The monoisotopic (exact) mass is 308 g/mol. The minimum atomic E-state index is -0.0626. The highest BCUT2D eigenvalue weighted by Gasteiger charge is 2.07. The molecule has 2 heterocycles. The first-order valence-corrected chi connectivity index (χ1v) is 8.09. The van der Waals surface area contributed by atoms with Crippen LogP contribution in [-0.2, 0) is 0 Å². The van der Waals surface area contributed by atoms with Crippen LogP contribution in [0.2, 0.25) is 0 Å². The van der Waals surface area contributed by atoms with Crippen molar-refractivity contribution >= 4 is 29.0 Å². The van der Waals surface area contributed by atoms with Gasteiger partial charge in [-0.3, -0.25) is 9.78 Å². The van der Waals surface area contributed by atoms with E-state index in [0.717, 1.165) is 27.1 Å². The largest absolute Gasteiger partial charge is 0.352 e. The molecular formula is C13H16N4OS2. The summed E-state index contributed by atoms with van der Waals surface area (Å²) in [4.78, 5) is 15.9. The summed E-state index contributed by atoms with van der Waals surface area (Å²) < 4.78 is 0.983. The molecule has 2 rings (SSSR count). The molecule has 0 radical (unpaired) electrons. The second kappa shape index (κ2) is 7.35. The molecule has 0 aliphatic carbocycles. The lowest BCUT2D eigenvalue weighted by Crippen LogP contribution is -2.25. The summed E-state index contributed by atoms with van der Waals surface area (Å²) >= 11 is 3.27. The smallest absolute Gasteiger partial charge is 0.253 e. The number of pyridine rings is 1. The normalized spacial score (nSPS) is 10.5. The Hall–Kier alpha value is -1.47. The lowest BCUT2D eigenvalue weighted by molar-refractivity contribution is 0.0953. The van der Waals surface area contributed by atoms with Crippen molar-refractivity contribution in [2.75, 3.05) is 12.3 Å². The molecule has 0 aliphatic heterocycles. The minimum absolute atomic E-state index is 0.0626. The molecule has 0 aromatic carbocycles. The topological polar surface area (TPSA) is 67.8 Å². The van der Waals surface area contributed by atoms with Gasteiger partial charge in [0.2, 0.25) is 0 Å². The quantitative estimate of drug-likeness (QED) is 0.656. The highest BCUT2D eigenvalue weighted by Crippen LogP contribution is 2.21. The van der Waals surface area contributed by atoms with Crippen LogP contribution in [0.3, 0.4) is 0 Å². The zero-order valence-corrected chi connectivity index (χ0v) is 13.1. The zero-order chi connectivity index (χ0) is 14.4. The van der Waals surface area contributed by atoms with E-state index >= 15 is 0 Å². The standard InChI is InChI=1S/C13H16N4OS2/c1-9-4-6-14-8-11(9)12(18)15-5-3-7-19-13-17-16-10(2)20-13/h4,6,8H,3,5,7H2,1-2H3,(H,15,18). The first-order valence-electron chi connectivity index (χ1n) is 6.28. The molecule has 5 nitrogen and oxygen atoms in total. The second-order valence-corrected chi connectivity index (χ2v) is 6.76. The summed E-state index contributed by atoms with van der Waals surface area (Å²) in [5.74, 6) is 0.855. The number of aromatic nitrogens is 3. The van der Waals surface area contributed by atoms with Gasteiger partial charge >= 0.3 is 0 Å². The lowest BCUT2D eigenvalue weighted by Gasteiger charge is -2.06. The SMILES string of the molecule is Cc1nnc(SCCCNC(=O)c2cnccc2C)s1. The maximum absolute atomic E-state index is 11.9. The number of nitrogens with one attached hydrogen (secondary N) is 1. The summed E-state index contributed by atoms with van der Waals surface area (Å²) in [7, 11) is 0. The second-order valence-electron chi connectivity index (χ2n) is 4.24. The first kappa shape index (κ1) is 14.9. The van der Waals surface area contributed by atoms with Gasteiger partial charge in [-0.1, -0.05) is 23.1 Å². The Bertz CT molecular complexity index is 585. The lowest BCUT2D eigenvalue weighted by atomic mass is 10.1. The van der Waals surface area contributed by atoms with Crippen LogP contribution in [0.1, 0.15) is 27.3 Å². The highest BCUT2D eigenvalue weighted by atomic mass is 32.2. The van der Waals surface area contributed by atoms with E-state index in [1.54, 1.807) is 35.5 Å². The summed E-state index contributed by atoms with van der Waals surface area (Å²) in [5, 5.41) is 11.9. The van der Waals surface area contributed by atoms with Crippen molar-refractivity contribution in [1.82, 2.24) is 20.5 Å². The molecule has 0 saturated heterocycles. The number of carbonyl (C=O) groups excluding carboxylic acids is 1. The number of carbonyl (C=O) groups is 1. The van der Waals surface area contributed by atoms with Crippen molar-refractivity contribution in [2.45, 2.75) is 24.6 Å². The Morgan fingerprint density at radius 2 is 2.25 bits per heavy atom. The van der Waals surface area contributed by atoms with Crippen molar-refractivity contribution in [3.8, 4) is 0 Å². The van der Waals surface area contributed by atoms with Gasteiger partial charge in [0.25, 0.3) is 5.91 Å². The summed E-state index contributed by atoms with van der Waals surface area (Å²) in [6.45, 7) is 4.50. The molecule has 7 heteroatoms. The average molecular weight is 308 g/mol. The van der Waals surface area contributed by atoms with Gasteiger partial charge in [-0.05, 0) is 31.9 Å². The third-order valence-corrected chi connectivity index (χ3v) is 4.68. The third kappa shape index (κ3) is 4.28. The predicted molar refractivity (Wildman–Crippen MR) is 81.3 cm³/mol. The molecule has 1 amide bonds. The first-order chi connectivity index (χ1) is 9.66. The van der Waals surface area contributed by atoms with Gasteiger partial charge < -0.3 is 5.32 Å². The molecule has 0 atom stereocenters. The number of nitrogens with zero attached hydrogens (tertiary/aromatic N) is 3. The fourth-order valence-corrected chi connectivity index (χ4v) is 3.39. The Morgan fingerprint density at radius 3 is 2.95 bits per heavy atom. The van der Waals surface area contributed by atoms with Gasteiger partial charge in [0.05, 0.1) is 5.56 Å². The highest BCUT2D eigenvalue weighted by molar-refractivity contribution is 8.01. The van der Waals surface area contributed by atoms with Crippen LogP contribution in [0, 0.1) is 13.8 Å². The molecular weight excluding hydrogens is 292 g/mol. The van der Waals surface area contributed by atoms with Crippen molar-refractivity contribution in [1.29, 1.82) is 0 Å². The summed E-state index contributed by atoms with van der Waals surface area (Å²) in [6.07, 6.45) is 4.19.